The van der Waals surface area contributed by atoms with Crippen LogP contribution in [0.3, 0.4) is 0 Å². The molecule has 1 aliphatic rings. The van der Waals surface area contributed by atoms with Gasteiger partial charge in [-0.3, -0.25) is 4.98 Å². The van der Waals surface area contributed by atoms with E-state index in [-0.39, 0.29) is 11.2 Å². The van der Waals surface area contributed by atoms with Gasteiger partial charge in [0.15, 0.2) is 0 Å². The van der Waals surface area contributed by atoms with Gasteiger partial charge in [-0.1, -0.05) is 44.2 Å². The molecule has 136 valence electrons. The Morgan fingerprint density at radius 1 is 1.07 bits per heavy atom. The molecule has 0 saturated carbocycles. The van der Waals surface area contributed by atoms with Gasteiger partial charge in [0.25, 0.3) is 0 Å². The molecule has 2 aromatic carbocycles. The Labute approximate surface area is 158 Å². The van der Waals surface area contributed by atoms with E-state index in [1.807, 2.05) is 12.1 Å². The minimum atomic E-state index is -0.199. The summed E-state index contributed by atoms with van der Waals surface area (Å²) >= 11 is 0. The summed E-state index contributed by atoms with van der Waals surface area (Å²) in [5.74, 6) is -0.199. The van der Waals surface area contributed by atoms with E-state index in [9.17, 15) is 4.39 Å². The first kappa shape index (κ1) is 16.5. The molecule has 0 atom stereocenters. The molecule has 0 amide bonds. The largest absolute Gasteiger partial charge is 0.353 e. The van der Waals surface area contributed by atoms with Gasteiger partial charge >= 0.3 is 0 Å². The Morgan fingerprint density at radius 3 is 2.67 bits per heavy atom. The maximum Gasteiger partial charge on any atom is 0.123 e. The summed E-state index contributed by atoms with van der Waals surface area (Å²) in [6, 6.07) is 15.3. The van der Waals surface area contributed by atoms with Gasteiger partial charge in [0.1, 0.15) is 5.82 Å². The van der Waals surface area contributed by atoms with Gasteiger partial charge in [0.2, 0.25) is 0 Å². The Bertz CT molecular complexity index is 1150. The monoisotopic (exact) mass is 358 g/mol. The van der Waals surface area contributed by atoms with Crippen molar-refractivity contribution in [1.29, 1.82) is 0 Å². The topological polar surface area (TPSA) is 28.7 Å². The Hall–Kier alpha value is -2.68. The van der Waals surface area contributed by atoms with Crippen LogP contribution in [-0.4, -0.2) is 9.97 Å². The zero-order valence-electron chi connectivity index (χ0n) is 15.8. The molecule has 1 N–H and O–H groups in total. The summed E-state index contributed by atoms with van der Waals surface area (Å²) in [7, 11) is 0. The molecule has 0 saturated heterocycles. The van der Waals surface area contributed by atoms with Crippen LogP contribution in [0.15, 0.2) is 48.5 Å². The fourth-order valence-electron chi connectivity index (χ4n) is 4.45. The number of hydrogen-bond acceptors (Lipinski definition) is 1. The predicted octanol–water partition coefficient (Wildman–Crippen LogP) is 5.96. The van der Waals surface area contributed by atoms with Gasteiger partial charge in [-0.2, -0.15) is 0 Å². The maximum absolute atomic E-state index is 13.3. The van der Waals surface area contributed by atoms with E-state index >= 15 is 0 Å². The van der Waals surface area contributed by atoms with Crippen molar-refractivity contribution >= 4 is 21.8 Å². The third-order valence-corrected chi connectivity index (χ3v) is 5.90. The molecule has 5 rings (SSSR count). The number of hydrogen-bond donors (Lipinski definition) is 1. The predicted molar refractivity (Wildman–Crippen MR) is 109 cm³/mol. The highest BCUT2D eigenvalue weighted by molar-refractivity contribution is 6.10. The Balaban J connectivity index is 1.75. The lowest BCUT2D eigenvalue weighted by atomic mass is 9.75. The molecule has 4 aromatic rings. The summed E-state index contributed by atoms with van der Waals surface area (Å²) in [6.07, 6.45) is 3.98. The molecule has 2 aromatic heterocycles. The zero-order chi connectivity index (χ0) is 18.6. The summed E-state index contributed by atoms with van der Waals surface area (Å²) in [5.41, 5.74) is 7.37. The van der Waals surface area contributed by atoms with Crippen LogP contribution in [0.2, 0.25) is 0 Å². The fourth-order valence-corrected chi connectivity index (χ4v) is 4.45. The third-order valence-electron chi connectivity index (χ3n) is 5.90. The molecule has 0 aliphatic heterocycles. The first-order valence-electron chi connectivity index (χ1n) is 9.66. The zero-order valence-corrected chi connectivity index (χ0v) is 15.8. The number of H-pyrrole nitrogens is 1. The number of aromatic nitrogens is 2. The summed E-state index contributed by atoms with van der Waals surface area (Å²) in [5, 5.41) is 2.62. The van der Waals surface area contributed by atoms with Crippen molar-refractivity contribution in [2.75, 3.05) is 0 Å². The van der Waals surface area contributed by atoms with E-state index in [1.54, 1.807) is 0 Å². The van der Waals surface area contributed by atoms with Crippen LogP contribution in [-0.2, 0) is 19.3 Å². The van der Waals surface area contributed by atoms with E-state index in [1.165, 1.54) is 40.6 Å². The average Bonchev–Trinajstić information content (AvgIpc) is 3.03. The minimum absolute atomic E-state index is 0.199. The summed E-state index contributed by atoms with van der Waals surface area (Å²) in [6.45, 7) is 4.66. The van der Waals surface area contributed by atoms with Crippen molar-refractivity contribution < 1.29 is 4.39 Å². The van der Waals surface area contributed by atoms with Gasteiger partial charge in [0.05, 0.1) is 11.2 Å². The van der Waals surface area contributed by atoms with E-state index in [0.29, 0.717) is 6.42 Å². The van der Waals surface area contributed by atoms with E-state index < -0.39 is 0 Å². The summed E-state index contributed by atoms with van der Waals surface area (Å²) in [4.78, 5) is 8.74. The number of benzene rings is 2. The number of fused-ring (bicyclic) bond motifs is 5. The van der Waals surface area contributed by atoms with Crippen molar-refractivity contribution in [1.82, 2.24) is 9.97 Å². The number of aryl methyl sites for hydroxylation is 1. The van der Waals surface area contributed by atoms with Crippen molar-refractivity contribution in [3.05, 3.63) is 76.9 Å². The van der Waals surface area contributed by atoms with E-state index in [2.05, 4.69) is 43.1 Å². The maximum atomic E-state index is 13.3. The lowest BCUT2D eigenvalue weighted by Crippen LogP contribution is -2.24. The van der Waals surface area contributed by atoms with Gasteiger partial charge in [0, 0.05) is 28.4 Å². The average molecular weight is 358 g/mol. The highest BCUT2D eigenvalue weighted by atomic mass is 19.1. The molecule has 0 bridgehead atoms. The molecule has 3 heteroatoms. The van der Waals surface area contributed by atoms with Crippen LogP contribution in [0.5, 0.6) is 0 Å². The van der Waals surface area contributed by atoms with Crippen LogP contribution < -0.4 is 0 Å². The fraction of sp³-hybridized carbons (Fsp3) is 0.292. The molecule has 27 heavy (non-hydrogen) atoms. The van der Waals surface area contributed by atoms with E-state index in [0.717, 1.165) is 35.1 Å². The van der Waals surface area contributed by atoms with Gasteiger partial charge in [-0.25, -0.2) is 4.39 Å². The van der Waals surface area contributed by atoms with E-state index in [4.69, 9.17) is 4.98 Å². The van der Waals surface area contributed by atoms with Crippen molar-refractivity contribution in [3.8, 4) is 0 Å². The van der Waals surface area contributed by atoms with Crippen molar-refractivity contribution in [2.45, 2.75) is 39.5 Å². The number of rotatable bonds is 2. The SMILES string of the molecule is CC1(C)CCc2c(nc(Cc3ccc(F)cc3)c3[nH]c4ccccc4c23)C1. The Kier molecular flexibility index (Phi) is 3.61. The molecule has 0 unspecified atom stereocenters. The number of aromatic amines is 1. The second-order valence-electron chi connectivity index (χ2n) is 8.55. The van der Waals surface area contributed by atoms with Crippen LogP contribution in [0, 0.1) is 11.2 Å². The first-order valence-corrected chi connectivity index (χ1v) is 9.66. The van der Waals surface area contributed by atoms with Crippen LogP contribution in [0.4, 0.5) is 4.39 Å². The van der Waals surface area contributed by atoms with Crippen LogP contribution in [0.25, 0.3) is 21.8 Å². The quantitative estimate of drug-likeness (QED) is 0.470. The second-order valence-corrected chi connectivity index (χ2v) is 8.55. The summed E-state index contributed by atoms with van der Waals surface area (Å²) < 4.78 is 13.3. The number of nitrogens with one attached hydrogen (secondary N) is 1. The standard InChI is InChI=1S/C24H23FN2/c1-24(2)12-11-18-21(14-24)26-20(13-15-7-9-16(25)10-8-15)23-22(18)17-5-3-4-6-19(17)27-23/h3-10,27H,11-14H2,1-2H3. The highest BCUT2D eigenvalue weighted by Gasteiger charge is 2.29. The molecule has 0 fully saturated rings. The molecule has 0 radical (unpaired) electrons. The number of para-hydroxylation sites is 1. The van der Waals surface area contributed by atoms with Gasteiger partial charge in [-0.05, 0) is 54.0 Å². The molecular weight excluding hydrogens is 335 g/mol. The highest BCUT2D eigenvalue weighted by Crippen LogP contribution is 2.40. The van der Waals surface area contributed by atoms with Crippen LogP contribution >= 0.6 is 0 Å². The first-order chi connectivity index (χ1) is 13.0. The number of pyridine rings is 1. The molecule has 2 heterocycles. The number of halogens is 1. The minimum Gasteiger partial charge on any atom is -0.353 e. The second kappa shape index (κ2) is 5.91. The normalized spacial score (nSPS) is 16.0. The smallest absolute Gasteiger partial charge is 0.123 e. The molecule has 2 nitrogen and oxygen atoms in total. The van der Waals surface area contributed by atoms with Gasteiger partial charge in [-0.15, -0.1) is 0 Å². The molecule has 0 spiro atoms. The van der Waals surface area contributed by atoms with Crippen LogP contribution in [0.1, 0.15) is 42.8 Å². The van der Waals surface area contributed by atoms with Crippen molar-refractivity contribution in [3.63, 3.8) is 0 Å². The third kappa shape index (κ3) is 2.82. The Morgan fingerprint density at radius 2 is 1.85 bits per heavy atom. The molecular formula is C24H23FN2. The lowest BCUT2D eigenvalue weighted by molar-refractivity contribution is 0.311. The van der Waals surface area contributed by atoms with Crippen molar-refractivity contribution in [2.24, 2.45) is 5.41 Å². The molecule has 1 aliphatic carbocycles. The lowest BCUT2D eigenvalue weighted by Gasteiger charge is -2.31. The van der Waals surface area contributed by atoms with Gasteiger partial charge < -0.3 is 4.98 Å². The number of nitrogens with zero attached hydrogens (tertiary/aromatic N) is 1.